The number of pyridine rings is 1. The first kappa shape index (κ1) is 12.9. The van der Waals surface area contributed by atoms with Gasteiger partial charge in [0.25, 0.3) is 0 Å². The number of aromatic nitrogens is 1. The zero-order chi connectivity index (χ0) is 13.7. The summed E-state index contributed by atoms with van der Waals surface area (Å²) in [7, 11) is 0. The quantitative estimate of drug-likeness (QED) is 0.722. The molecule has 0 atom stereocenters. The number of hydrogen-bond acceptors (Lipinski definition) is 2. The fourth-order valence-corrected chi connectivity index (χ4v) is 1.69. The summed E-state index contributed by atoms with van der Waals surface area (Å²) >= 11 is 0. The zero-order valence-corrected chi connectivity index (χ0v) is 11.0. The lowest BCUT2D eigenvalue weighted by atomic mass is 10.0. The third-order valence-corrected chi connectivity index (χ3v) is 2.77. The van der Waals surface area contributed by atoms with E-state index in [4.69, 9.17) is 5.26 Å². The Hall–Kier alpha value is -2.58. The van der Waals surface area contributed by atoms with Gasteiger partial charge in [0, 0.05) is 23.5 Å². The molecule has 0 unspecified atom stereocenters. The normalized spacial score (nSPS) is 9.58. The lowest BCUT2D eigenvalue weighted by Crippen LogP contribution is -1.87. The molecule has 0 bridgehead atoms. The Balaban J connectivity index is 2.29. The molecule has 2 heteroatoms. The third-order valence-electron chi connectivity index (χ3n) is 2.77. The Labute approximate surface area is 113 Å². The standard InChI is InChI=1S/C17H14N2/c1-13(2)17-5-3-4-14(9-17)6-7-15-8-16(10-18)12-19-11-15/h3-5,8-9,11-13H,1-2H3. The van der Waals surface area contributed by atoms with Gasteiger partial charge < -0.3 is 0 Å². The van der Waals surface area contributed by atoms with Gasteiger partial charge in [0.1, 0.15) is 6.07 Å². The van der Waals surface area contributed by atoms with Gasteiger partial charge in [-0.1, -0.05) is 37.8 Å². The summed E-state index contributed by atoms with van der Waals surface area (Å²) in [6, 6.07) is 12.0. The van der Waals surface area contributed by atoms with Crippen molar-refractivity contribution in [3.63, 3.8) is 0 Å². The first-order chi connectivity index (χ1) is 9.19. The number of benzene rings is 1. The fourth-order valence-electron chi connectivity index (χ4n) is 1.69. The highest BCUT2D eigenvalue weighted by molar-refractivity contribution is 5.45. The van der Waals surface area contributed by atoms with Crippen LogP contribution in [0.4, 0.5) is 0 Å². The van der Waals surface area contributed by atoms with Gasteiger partial charge in [-0.3, -0.25) is 4.98 Å². The zero-order valence-electron chi connectivity index (χ0n) is 11.0. The van der Waals surface area contributed by atoms with Crippen molar-refractivity contribution in [1.82, 2.24) is 4.98 Å². The van der Waals surface area contributed by atoms with Crippen LogP contribution in [0.15, 0.2) is 42.7 Å². The Morgan fingerprint density at radius 2 is 1.74 bits per heavy atom. The molecular weight excluding hydrogens is 232 g/mol. The van der Waals surface area contributed by atoms with E-state index in [0.717, 1.165) is 11.1 Å². The molecule has 1 aromatic heterocycles. The van der Waals surface area contributed by atoms with E-state index in [9.17, 15) is 0 Å². The van der Waals surface area contributed by atoms with E-state index < -0.39 is 0 Å². The lowest BCUT2D eigenvalue weighted by molar-refractivity contribution is 0.866. The molecule has 0 N–H and O–H groups in total. The van der Waals surface area contributed by atoms with Gasteiger partial charge in [-0.2, -0.15) is 5.26 Å². The second-order valence-electron chi connectivity index (χ2n) is 4.60. The van der Waals surface area contributed by atoms with E-state index in [1.54, 1.807) is 12.3 Å². The molecule has 1 heterocycles. The van der Waals surface area contributed by atoms with Crippen LogP contribution in [0, 0.1) is 23.2 Å². The smallest absolute Gasteiger partial charge is 0.101 e. The molecule has 0 aliphatic rings. The van der Waals surface area contributed by atoms with Crippen LogP contribution in [0.1, 0.15) is 42.0 Å². The third kappa shape index (κ3) is 3.44. The highest BCUT2D eigenvalue weighted by atomic mass is 14.6. The SMILES string of the molecule is CC(C)c1cccc(C#Cc2cncc(C#N)c2)c1. The highest BCUT2D eigenvalue weighted by Gasteiger charge is 1.98. The van der Waals surface area contributed by atoms with E-state index in [1.807, 2.05) is 12.1 Å². The molecule has 92 valence electrons. The molecule has 1 aromatic carbocycles. The van der Waals surface area contributed by atoms with Crippen molar-refractivity contribution >= 4 is 0 Å². The van der Waals surface area contributed by atoms with E-state index >= 15 is 0 Å². The molecule has 0 aliphatic carbocycles. The topological polar surface area (TPSA) is 36.7 Å². The number of nitrogens with zero attached hydrogens (tertiary/aromatic N) is 2. The molecule has 2 aromatic rings. The minimum Gasteiger partial charge on any atom is -0.262 e. The minimum absolute atomic E-state index is 0.491. The van der Waals surface area contributed by atoms with Crippen LogP contribution >= 0.6 is 0 Å². The predicted octanol–water partition coefficient (Wildman–Crippen LogP) is 3.48. The van der Waals surface area contributed by atoms with E-state index in [0.29, 0.717) is 11.5 Å². The van der Waals surface area contributed by atoms with Gasteiger partial charge in [0.15, 0.2) is 0 Å². The molecule has 19 heavy (non-hydrogen) atoms. The molecule has 0 aliphatic heterocycles. The predicted molar refractivity (Wildman–Crippen MR) is 75.5 cm³/mol. The molecule has 0 saturated carbocycles. The van der Waals surface area contributed by atoms with Crippen molar-refractivity contribution in [2.24, 2.45) is 0 Å². The van der Waals surface area contributed by atoms with E-state index in [-0.39, 0.29) is 0 Å². The van der Waals surface area contributed by atoms with Gasteiger partial charge in [-0.15, -0.1) is 0 Å². The summed E-state index contributed by atoms with van der Waals surface area (Å²) < 4.78 is 0. The molecule has 0 radical (unpaired) electrons. The van der Waals surface area contributed by atoms with Crippen molar-refractivity contribution in [3.8, 4) is 17.9 Å². The van der Waals surface area contributed by atoms with Crippen LogP contribution in [0.3, 0.4) is 0 Å². The van der Waals surface area contributed by atoms with Crippen molar-refractivity contribution in [1.29, 1.82) is 5.26 Å². The summed E-state index contributed by atoms with van der Waals surface area (Å²) in [6.45, 7) is 4.32. The summed E-state index contributed by atoms with van der Waals surface area (Å²) in [5, 5.41) is 8.81. The van der Waals surface area contributed by atoms with Crippen molar-refractivity contribution in [2.75, 3.05) is 0 Å². The maximum Gasteiger partial charge on any atom is 0.101 e. The van der Waals surface area contributed by atoms with Gasteiger partial charge in [0.2, 0.25) is 0 Å². The average molecular weight is 246 g/mol. The van der Waals surface area contributed by atoms with Crippen LogP contribution in [-0.4, -0.2) is 4.98 Å². The van der Waals surface area contributed by atoms with Crippen LogP contribution in [0.2, 0.25) is 0 Å². The molecule has 0 saturated heterocycles. The fraction of sp³-hybridized carbons (Fsp3) is 0.176. The lowest BCUT2D eigenvalue weighted by Gasteiger charge is -2.04. The van der Waals surface area contributed by atoms with Crippen LogP contribution in [0.25, 0.3) is 0 Å². The van der Waals surface area contributed by atoms with Gasteiger partial charge in [-0.25, -0.2) is 0 Å². The molecule has 0 spiro atoms. The summed E-state index contributed by atoms with van der Waals surface area (Å²) in [6.07, 6.45) is 3.20. The Kier molecular flexibility index (Phi) is 3.96. The molecule has 0 amide bonds. The first-order valence-electron chi connectivity index (χ1n) is 6.16. The molecule has 2 nitrogen and oxygen atoms in total. The van der Waals surface area contributed by atoms with Crippen molar-refractivity contribution < 1.29 is 0 Å². The second-order valence-corrected chi connectivity index (χ2v) is 4.60. The number of rotatable bonds is 1. The summed E-state index contributed by atoms with van der Waals surface area (Å²) in [5.74, 6) is 6.64. The monoisotopic (exact) mass is 246 g/mol. The minimum atomic E-state index is 0.491. The molecule has 0 fully saturated rings. The van der Waals surface area contributed by atoms with Crippen molar-refractivity contribution in [2.45, 2.75) is 19.8 Å². The van der Waals surface area contributed by atoms with E-state index in [1.165, 1.54) is 11.8 Å². The van der Waals surface area contributed by atoms with Crippen LogP contribution in [0.5, 0.6) is 0 Å². The Bertz CT molecular complexity index is 682. The van der Waals surface area contributed by atoms with Crippen LogP contribution < -0.4 is 0 Å². The number of hydrogen-bond donors (Lipinski definition) is 0. The summed E-state index contributed by atoms with van der Waals surface area (Å²) in [4.78, 5) is 3.99. The Morgan fingerprint density at radius 1 is 1.00 bits per heavy atom. The Morgan fingerprint density at radius 3 is 2.47 bits per heavy atom. The first-order valence-corrected chi connectivity index (χ1v) is 6.16. The highest BCUT2D eigenvalue weighted by Crippen LogP contribution is 2.15. The van der Waals surface area contributed by atoms with Crippen molar-refractivity contribution in [3.05, 3.63) is 65.0 Å². The maximum atomic E-state index is 8.81. The van der Waals surface area contributed by atoms with Gasteiger partial charge in [0.05, 0.1) is 5.56 Å². The van der Waals surface area contributed by atoms with Gasteiger partial charge >= 0.3 is 0 Å². The average Bonchev–Trinajstić information content (AvgIpc) is 2.45. The van der Waals surface area contributed by atoms with Gasteiger partial charge in [-0.05, 0) is 29.7 Å². The largest absolute Gasteiger partial charge is 0.262 e. The maximum absolute atomic E-state index is 8.81. The molecular formula is C17H14N2. The van der Waals surface area contributed by atoms with Crippen LogP contribution in [-0.2, 0) is 0 Å². The number of nitriles is 1. The summed E-state index contributed by atoms with van der Waals surface area (Å²) in [5.41, 5.74) is 3.54. The van der Waals surface area contributed by atoms with E-state index in [2.05, 4.69) is 48.9 Å². The second kappa shape index (κ2) is 5.85. The molecule has 2 rings (SSSR count).